The highest BCUT2D eigenvalue weighted by molar-refractivity contribution is 9.09. The molecule has 0 aromatic heterocycles. The van der Waals surface area contributed by atoms with Crippen LogP contribution in [-0.2, 0) is 9.59 Å². The first-order valence-electron chi connectivity index (χ1n) is 8.29. The summed E-state index contributed by atoms with van der Waals surface area (Å²) in [5, 5.41) is 12.4. The molecule has 1 aliphatic carbocycles. The number of carbonyl (C=O) groups excluding carboxylic acids is 1. The van der Waals surface area contributed by atoms with Gasteiger partial charge in [0.1, 0.15) is 11.6 Å². The van der Waals surface area contributed by atoms with Crippen molar-refractivity contribution in [2.24, 2.45) is 0 Å². The lowest BCUT2D eigenvalue weighted by atomic mass is 9.81. The molecule has 1 saturated carbocycles. The number of rotatable bonds is 4. The van der Waals surface area contributed by atoms with Gasteiger partial charge in [0.15, 0.2) is 0 Å². The molecule has 6 nitrogen and oxygen atoms in total. The maximum absolute atomic E-state index is 12.7. The average Bonchev–Trinajstić information content (AvgIpc) is 2.98. The van der Waals surface area contributed by atoms with E-state index in [0.717, 1.165) is 24.8 Å². The Labute approximate surface area is 149 Å². The van der Waals surface area contributed by atoms with Crippen molar-refractivity contribution >= 4 is 27.8 Å². The van der Waals surface area contributed by atoms with E-state index >= 15 is 0 Å². The maximum atomic E-state index is 12.7. The maximum Gasteiger partial charge on any atom is 0.329 e. The van der Waals surface area contributed by atoms with Gasteiger partial charge in [0.05, 0.1) is 10.9 Å². The Hall–Kier alpha value is -1.44. The molecule has 1 aromatic carbocycles. The highest BCUT2D eigenvalue weighted by Crippen LogP contribution is 2.31. The van der Waals surface area contributed by atoms with E-state index in [4.69, 9.17) is 0 Å². The minimum atomic E-state index is -1.13. The highest BCUT2D eigenvalue weighted by atomic mass is 79.9. The SMILES string of the molecule is O=C(NC1(C(=O)O)CCCCC1)C1NNC(c2ccccc2)C1Br. The van der Waals surface area contributed by atoms with E-state index in [2.05, 4.69) is 32.1 Å². The zero-order chi connectivity index (χ0) is 17.2. The highest BCUT2D eigenvalue weighted by Gasteiger charge is 2.45. The lowest BCUT2D eigenvalue weighted by Gasteiger charge is -2.35. The molecule has 3 unspecified atom stereocenters. The summed E-state index contributed by atoms with van der Waals surface area (Å²) < 4.78 is 0. The molecule has 1 aromatic rings. The first kappa shape index (κ1) is 17.4. The van der Waals surface area contributed by atoms with Gasteiger partial charge in [-0.25, -0.2) is 15.6 Å². The number of nitrogens with one attached hydrogen (secondary N) is 3. The van der Waals surface area contributed by atoms with Crippen LogP contribution in [0.5, 0.6) is 0 Å². The third-order valence-electron chi connectivity index (χ3n) is 4.95. The Balaban J connectivity index is 1.70. The zero-order valence-corrected chi connectivity index (χ0v) is 14.9. The molecule has 4 N–H and O–H groups in total. The fourth-order valence-electron chi connectivity index (χ4n) is 3.53. The Kier molecular flexibility index (Phi) is 5.22. The molecule has 7 heteroatoms. The van der Waals surface area contributed by atoms with Crippen LogP contribution in [0, 0.1) is 0 Å². The Bertz CT molecular complexity index is 604. The second kappa shape index (κ2) is 7.21. The van der Waals surface area contributed by atoms with Crippen LogP contribution in [0.3, 0.4) is 0 Å². The zero-order valence-electron chi connectivity index (χ0n) is 13.3. The van der Waals surface area contributed by atoms with Gasteiger partial charge >= 0.3 is 5.97 Å². The number of hydrogen-bond acceptors (Lipinski definition) is 4. The molecule has 1 heterocycles. The monoisotopic (exact) mass is 395 g/mol. The smallest absolute Gasteiger partial charge is 0.329 e. The van der Waals surface area contributed by atoms with Crippen LogP contribution >= 0.6 is 15.9 Å². The quantitative estimate of drug-likeness (QED) is 0.584. The van der Waals surface area contributed by atoms with E-state index in [1.165, 1.54) is 0 Å². The molecule has 3 rings (SSSR count). The van der Waals surface area contributed by atoms with Crippen molar-refractivity contribution in [1.82, 2.24) is 16.2 Å². The first-order chi connectivity index (χ1) is 11.5. The summed E-state index contributed by atoms with van der Waals surface area (Å²) in [6.07, 6.45) is 3.65. The van der Waals surface area contributed by atoms with Gasteiger partial charge in [0.25, 0.3) is 0 Å². The molecule has 0 spiro atoms. The first-order valence-corrected chi connectivity index (χ1v) is 9.20. The van der Waals surface area contributed by atoms with Gasteiger partial charge in [-0.15, -0.1) is 0 Å². The van der Waals surface area contributed by atoms with Crippen molar-refractivity contribution in [3.63, 3.8) is 0 Å². The number of hydrogen-bond donors (Lipinski definition) is 4. The Morgan fingerprint density at radius 3 is 2.42 bits per heavy atom. The Morgan fingerprint density at radius 1 is 1.12 bits per heavy atom. The van der Waals surface area contributed by atoms with Crippen molar-refractivity contribution in [2.45, 2.75) is 54.6 Å². The molecule has 3 atom stereocenters. The summed E-state index contributed by atoms with van der Waals surface area (Å²) in [5.74, 6) is -1.22. The summed E-state index contributed by atoms with van der Waals surface area (Å²) in [6, 6.07) is 9.24. The van der Waals surface area contributed by atoms with Crippen molar-refractivity contribution in [3.8, 4) is 0 Å². The summed E-state index contributed by atoms with van der Waals surface area (Å²) in [7, 11) is 0. The summed E-state index contributed by atoms with van der Waals surface area (Å²) in [5.41, 5.74) is 6.06. The molecule has 1 aliphatic heterocycles. The van der Waals surface area contributed by atoms with Crippen LogP contribution in [0.25, 0.3) is 0 Å². The molecule has 0 radical (unpaired) electrons. The van der Waals surface area contributed by atoms with Gasteiger partial charge in [0, 0.05) is 0 Å². The third-order valence-corrected chi connectivity index (χ3v) is 6.01. The molecular weight excluding hydrogens is 374 g/mol. The van der Waals surface area contributed by atoms with Crippen molar-refractivity contribution in [2.75, 3.05) is 0 Å². The predicted octanol–water partition coefficient (Wildman–Crippen LogP) is 1.87. The van der Waals surface area contributed by atoms with Crippen LogP contribution in [0.4, 0.5) is 0 Å². The van der Waals surface area contributed by atoms with Crippen LogP contribution in [0.2, 0.25) is 0 Å². The van der Waals surface area contributed by atoms with Crippen LogP contribution in [-0.4, -0.2) is 33.4 Å². The lowest BCUT2D eigenvalue weighted by Crippen LogP contribution is -2.60. The largest absolute Gasteiger partial charge is 0.480 e. The second-order valence-electron chi connectivity index (χ2n) is 6.54. The fraction of sp³-hybridized carbons (Fsp3) is 0.529. The summed E-state index contributed by atoms with van der Waals surface area (Å²) in [4.78, 5) is 24.3. The van der Waals surface area contributed by atoms with E-state index in [0.29, 0.717) is 12.8 Å². The Morgan fingerprint density at radius 2 is 1.79 bits per heavy atom. The molecule has 24 heavy (non-hydrogen) atoms. The number of carboxylic acid groups (broad SMARTS) is 1. The standard InChI is InChI=1S/C17H22BrN3O3/c18-12-13(11-7-3-1-4-8-11)20-21-14(12)15(22)19-17(16(23)24)9-5-2-6-10-17/h1,3-4,7-8,12-14,20-21H,2,5-6,9-10H2,(H,19,22)(H,23,24). The van der Waals surface area contributed by atoms with E-state index in [1.54, 1.807) is 0 Å². The van der Waals surface area contributed by atoms with Gasteiger partial charge in [-0.3, -0.25) is 4.79 Å². The predicted molar refractivity (Wildman–Crippen MR) is 93.6 cm³/mol. The molecule has 0 bridgehead atoms. The summed E-state index contributed by atoms with van der Waals surface area (Å²) >= 11 is 3.59. The van der Waals surface area contributed by atoms with E-state index < -0.39 is 17.6 Å². The van der Waals surface area contributed by atoms with Gasteiger partial charge in [0.2, 0.25) is 5.91 Å². The molecule has 2 aliphatic rings. The number of aliphatic carboxylic acids is 1. The topological polar surface area (TPSA) is 90.5 Å². The second-order valence-corrected chi connectivity index (χ2v) is 7.59. The third kappa shape index (κ3) is 3.34. The van der Waals surface area contributed by atoms with Crippen LogP contribution < -0.4 is 16.2 Å². The number of carbonyl (C=O) groups is 2. The molecule has 1 saturated heterocycles. The lowest BCUT2D eigenvalue weighted by molar-refractivity contribution is -0.149. The minimum absolute atomic E-state index is 0.0610. The number of halogens is 1. The fourth-order valence-corrected chi connectivity index (χ4v) is 4.34. The number of carboxylic acids is 1. The number of hydrazine groups is 1. The van der Waals surface area contributed by atoms with E-state index in [1.807, 2.05) is 30.3 Å². The van der Waals surface area contributed by atoms with E-state index in [9.17, 15) is 14.7 Å². The van der Waals surface area contributed by atoms with E-state index in [-0.39, 0.29) is 16.8 Å². The van der Waals surface area contributed by atoms with Gasteiger partial charge in [-0.2, -0.15) is 0 Å². The molecule has 1 amide bonds. The van der Waals surface area contributed by atoms with Crippen LogP contribution in [0.15, 0.2) is 30.3 Å². The number of alkyl halides is 1. The normalized spacial score (nSPS) is 29.1. The van der Waals surface area contributed by atoms with Gasteiger partial charge in [-0.1, -0.05) is 65.5 Å². The van der Waals surface area contributed by atoms with Crippen molar-refractivity contribution in [3.05, 3.63) is 35.9 Å². The minimum Gasteiger partial charge on any atom is -0.480 e. The van der Waals surface area contributed by atoms with Gasteiger partial charge < -0.3 is 10.4 Å². The number of amides is 1. The van der Waals surface area contributed by atoms with Gasteiger partial charge in [-0.05, 0) is 18.4 Å². The molecular formula is C17H22BrN3O3. The van der Waals surface area contributed by atoms with Crippen molar-refractivity contribution in [1.29, 1.82) is 0 Å². The molecule has 130 valence electrons. The molecule has 2 fully saturated rings. The van der Waals surface area contributed by atoms with Crippen molar-refractivity contribution < 1.29 is 14.7 Å². The summed E-state index contributed by atoms with van der Waals surface area (Å²) in [6.45, 7) is 0. The van der Waals surface area contributed by atoms with Crippen LogP contribution in [0.1, 0.15) is 43.7 Å². The average molecular weight is 396 g/mol. The number of benzene rings is 1.